The molecule has 2 atom stereocenters. The smallest absolute Gasteiger partial charge is 0.237 e. The van der Waals surface area contributed by atoms with Crippen molar-refractivity contribution in [3.05, 3.63) is 0 Å². The summed E-state index contributed by atoms with van der Waals surface area (Å²) in [6.45, 7) is 10.7. The standard InChI is InChI=1S/C18H36ClNO/c1-5-9-11-16(7-3)14-20(18(21)13-19)15-17(8-4)12-10-6-2/h16-17H,5-15H2,1-4H3/t16-,17+. The second-order valence-corrected chi connectivity index (χ2v) is 6.53. The van der Waals surface area contributed by atoms with Crippen LogP contribution in [0.4, 0.5) is 0 Å². The fourth-order valence-corrected chi connectivity index (χ4v) is 2.99. The Kier molecular flexibility index (Phi) is 13.3. The number of carbonyl (C=O) groups is 1. The van der Waals surface area contributed by atoms with Crippen molar-refractivity contribution < 1.29 is 4.79 Å². The van der Waals surface area contributed by atoms with Crippen molar-refractivity contribution in [2.45, 2.75) is 79.1 Å². The number of carbonyl (C=O) groups excluding carboxylic acids is 1. The lowest BCUT2D eigenvalue weighted by Crippen LogP contribution is -2.39. The zero-order valence-corrected chi connectivity index (χ0v) is 15.4. The van der Waals surface area contributed by atoms with Gasteiger partial charge < -0.3 is 4.90 Å². The second kappa shape index (κ2) is 13.4. The van der Waals surface area contributed by atoms with Crippen molar-refractivity contribution in [3.8, 4) is 0 Å². The molecule has 1 amide bonds. The molecule has 0 aromatic rings. The summed E-state index contributed by atoms with van der Waals surface area (Å²) in [5.41, 5.74) is 0. The average Bonchev–Trinajstić information content (AvgIpc) is 2.52. The van der Waals surface area contributed by atoms with Crippen molar-refractivity contribution in [1.29, 1.82) is 0 Å². The SMILES string of the molecule is CCCC[C@@H](CC)CN(C[C@@H](CC)CCCC)C(=O)CCl. The summed E-state index contributed by atoms with van der Waals surface area (Å²) in [6, 6.07) is 0. The zero-order chi connectivity index (χ0) is 16.1. The average molecular weight is 318 g/mol. The summed E-state index contributed by atoms with van der Waals surface area (Å²) in [5, 5.41) is 0. The fraction of sp³-hybridized carbons (Fsp3) is 0.944. The number of halogens is 1. The highest BCUT2D eigenvalue weighted by Gasteiger charge is 2.20. The monoisotopic (exact) mass is 317 g/mol. The normalized spacial score (nSPS) is 14.0. The number of hydrogen-bond acceptors (Lipinski definition) is 1. The summed E-state index contributed by atoms with van der Waals surface area (Å²) in [4.78, 5) is 14.2. The highest BCUT2D eigenvalue weighted by Crippen LogP contribution is 2.19. The van der Waals surface area contributed by atoms with E-state index in [2.05, 4.69) is 27.7 Å². The highest BCUT2D eigenvalue weighted by atomic mass is 35.5. The van der Waals surface area contributed by atoms with Crippen LogP contribution in [-0.4, -0.2) is 29.8 Å². The Morgan fingerprint density at radius 3 is 1.62 bits per heavy atom. The molecule has 0 fully saturated rings. The summed E-state index contributed by atoms with van der Waals surface area (Å²) < 4.78 is 0. The van der Waals surface area contributed by atoms with Gasteiger partial charge in [-0.3, -0.25) is 4.79 Å². The Morgan fingerprint density at radius 2 is 1.33 bits per heavy atom. The van der Waals surface area contributed by atoms with E-state index in [-0.39, 0.29) is 11.8 Å². The number of unbranched alkanes of at least 4 members (excludes halogenated alkanes) is 2. The molecule has 3 heteroatoms. The number of nitrogens with zero attached hydrogens (tertiary/aromatic N) is 1. The number of alkyl halides is 1. The van der Waals surface area contributed by atoms with E-state index in [9.17, 15) is 4.79 Å². The molecule has 0 saturated heterocycles. The van der Waals surface area contributed by atoms with E-state index in [1.54, 1.807) is 0 Å². The van der Waals surface area contributed by atoms with Crippen molar-refractivity contribution in [3.63, 3.8) is 0 Å². The van der Waals surface area contributed by atoms with Gasteiger partial charge in [0, 0.05) is 13.1 Å². The molecule has 0 N–H and O–H groups in total. The zero-order valence-electron chi connectivity index (χ0n) is 14.7. The number of rotatable bonds is 13. The van der Waals surface area contributed by atoms with Crippen LogP contribution in [0, 0.1) is 11.8 Å². The fourth-order valence-electron chi connectivity index (χ4n) is 2.82. The van der Waals surface area contributed by atoms with Gasteiger partial charge >= 0.3 is 0 Å². The van der Waals surface area contributed by atoms with Crippen LogP contribution in [0.2, 0.25) is 0 Å². The van der Waals surface area contributed by atoms with Gasteiger partial charge in [0.2, 0.25) is 5.91 Å². The molecule has 0 aromatic carbocycles. The lowest BCUT2D eigenvalue weighted by atomic mass is 9.95. The summed E-state index contributed by atoms with van der Waals surface area (Å²) >= 11 is 5.82. The van der Waals surface area contributed by atoms with E-state index in [0.29, 0.717) is 11.8 Å². The molecule has 0 saturated carbocycles. The van der Waals surface area contributed by atoms with Gasteiger partial charge in [-0.1, -0.05) is 66.2 Å². The van der Waals surface area contributed by atoms with Gasteiger partial charge in [0.05, 0.1) is 0 Å². The van der Waals surface area contributed by atoms with E-state index >= 15 is 0 Å². The van der Waals surface area contributed by atoms with Crippen LogP contribution < -0.4 is 0 Å². The van der Waals surface area contributed by atoms with Crippen LogP contribution in [0.5, 0.6) is 0 Å². The van der Waals surface area contributed by atoms with E-state index in [1.807, 2.05) is 4.90 Å². The third-order valence-corrected chi connectivity index (χ3v) is 4.74. The van der Waals surface area contributed by atoms with Gasteiger partial charge in [-0.15, -0.1) is 11.6 Å². The van der Waals surface area contributed by atoms with Gasteiger partial charge in [-0.25, -0.2) is 0 Å². The highest BCUT2D eigenvalue weighted by molar-refractivity contribution is 6.27. The van der Waals surface area contributed by atoms with Crippen molar-refractivity contribution in [1.82, 2.24) is 4.90 Å². The van der Waals surface area contributed by atoms with Crippen LogP contribution in [0.15, 0.2) is 0 Å². The first-order chi connectivity index (χ1) is 10.1. The molecule has 0 aliphatic heterocycles. The van der Waals surface area contributed by atoms with E-state index in [4.69, 9.17) is 11.6 Å². The Morgan fingerprint density at radius 1 is 0.905 bits per heavy atom. The molecule has 0 aliphatic rings. The largest absolute Gasteiger partial charge is 0.341 e. The van der Waals surface area contributed by atoms with Crippen molar-refractivity contribution in [2.24, 2.45) is 11.8 Å². The Balaban J connectivity index is 4.57. The lowest BCUT2D eigenvalue weighted by molar-refractivity contribution is -0.130. The van der Waals surface area contributed by atoms with Crippen LogP contribution >= 0.6 is 11.6 Å². The van der Waals surface area contributed by atoms with Crippen LogP contribution in [-0.2, 0) is 4.79 Å². The Bertz CT molecular complexity index is 240. The third-order valence-electron chi connectivity index (χ3n) is 4.51. The maximum absolute atomic E-state index is 12.2. The maximum atomic E-state index is 12.2. The van der Waals surface area contributed by atoms with Crippen molar-refractivity contribution >= 4 is 17.5 Å². The Hall–Kier alpha value is -0.240. The summed E-state index contributed by atoms with van der Waals surface area (Å²) in [7, 11) is 0. The molecule has 0 aliphatic carbocycles. The van der Waals surface area contributed by atoms with Crippen LogP contribution in [0.3, 0.4) is 0 Å². The van der Waals surface area contributed by atoms with Gasteiger partial charge in [-0.2, -0.15) is 0 Å². The lowest BCUT2D eigenvalue weighted by Gasteiger charge is -2.30. The van der Waals surface area contributed by atoms with Gasteiger partial charge in [0.25, 0.3) is 0 Å². The number of hydrogen-bond donors (Lipinski definition) is 0. The van der Waals surface area contributed by atoms with Crippen molar-refractivity contribution in [2.75, 3.05) is 19.0 Å². The first kappa shape index (κ1) is 20.8. The topological polar surface area (TPSA) is 20.3 Å². The van der Waals surface area contributed by atoms with Crippen LogP contribution in [0.1, 0.15) is 79.1 Å². The molecule has 2 nitrogen and oxygen atoms in total. The molecule has 126 valence electrons. The van der Waals surface area contributed by atoms with Gasteiger partial charge in [-0.05, 0) is 24.7 Å². The molecule has 0 bridgehead atoms. The molecule has 21 heavy (non-hydrogen) atoms. The third kappa shape index (κ3) is 9.39. The maximum Gasteiger partial charge on any atom is 0.237 e. The molecule has 0 rings (SSSR count). The van der Waals surface area contributed by atoms with E-state index in [1.165, 1.54) is 38.5 Å². The quantitative estimate of drug-likeness (QED) is 0.411. The van der Waals surface area contributed by atoms with Gasteiger partial charge in [0.15, 0.2) is 0 Å². The molecule has 0 spiro atoms. The minimum Gasteiger partial charge on any atom is -0.341 e. The minimum absolute atomic E-state index is 0.113. The molecule has 0 unspecified atom stereocenters. The molecular formula is C18H36ClNO. The Labute approximate surface area is 137 Å². The first-order valence-corrected chi connectivity index (χ1v) is 9.49. The van der Waals surface area contributed by atoms with E-state index < -0.39 is 0 Å². The molecule has 0 heterocycles. The predicted octanol–water partition coefficient (Wildman–Crippen LogP) is 5.49. The summed E-state index contributed by atoms with van der Waals surface area (Å²) in [5.74, 6) is 1.48. The molecule has 0 radical (unpaired) electrons. The first-order valence-electron chi connectivity index (χ1n) is 8.96. The summed E-state index contributed by atoms with van der Waals surface area (Å²) in [6.07, 6.45) is 9.73. The molecule has 0 aromatic heterocycles. The second-order valence-electron chi connectivity index (χ2n) is 6.27. The predicted molar refractivity (Wildman–Crippen MR) is 93.9 cm³/mol. The van der Waals surface area contributed by atoms with Gasteiger partial charge in [0.1, 0.15) is 5.88 Å². The minimum atomic E-state index is 0.113. The van der Waals surface area contributed by atoms with E-state index in [0.717, 1.165) is 25.9 Å². The number of amides is 1. The van der Waals surface area contributed by atoms with Crippen LogP contribution in [0.25, 0.3) is 0 Å². The molecular weight excluding hydrogens is 282 g/mol.